The number of carbonyl (C=O) groups excluding carboxylic acids is 2. The molecule has 0 atom stereocenters. The van der Waals surface area contributed by atoms with Gasteiger partial charge in [0.05, 0.1) is 29.7 Å². The minimum Gasteiger partial charge on any atom is -0.462 e. The van der Waals surface area contributed by atoms with Gasteiger partial charge in [0.25, 0.3) is 11.5 Å². The first-order valence-corrected chi connectivity index (χ1v) is 11.9. The van der Waals surface area contributed by atoms with Gasteiger partial charge in [0.1, 0.15) is 0 Å². The molecule has 186 valence electrons. The summed E-state index contributed by atoms with van der Waals surface area (Å²) in [6.07, 6.45) is 0. The van der Waals surface area contributed by atoms with Gasteiger partial charge in [-0.05, 0) is 73.9 Å². The van der Waals surface area contributed by atoms with Gasteiger partial charge in [-0.15, -0.1) is 5.10 Å². The average molecular weight is 496 g/mol. The van der Waals surface area contributed by atoms with Crippen molar-refractivity contribution < 1.29 is 14.3 Å². The number of hydrogen-bond donors (Lipinski definition) is 1. The van der Waals surface area contributed by atoms with E-state index in [-0.39, 0.29) is 23.6 Å². The van der Waals surface area contributed by atoms with Crippen molar-refractivity contribution in [3.05, 3.63) is 105 Å². The minimum absolute atomic E-state index is 0.0627. The topological polar surface area (TPSA) is 108 Å². The molecule has 1 N–H and O–H groups in total. The van der Waals surface area contributed by atoms with Gasteiger partial charge in [-0.2, -0.15) is 4.98 Å². The van der Waals surface area contributed by atoms with Crippen LogP contribution in [0.2, 0.25) is 0 Å². The van der Waals surface area contributed by atoms with E-state index in [0.29, 0.717) is 28.8 Å². The van der Waals surface area contributed by atoms with Crippen LogP contribution in [-0.2, 0) is 11.3 Å². The molecule has 0 aliphatic heterocycles. The van der Waals surface area contributed by atoms with Crippen molar-refractivity contribution >= 4 is 34.2 Å². The van der Waals surface area contributed by atoms with Gasteiger partial charge in [0.15, 0.2) is 0 Å². The van der Waals surface area contributed by atoms with Crippen LogP contribution in [0.4, 0.5) is 5.69 Å². The number of nitrogens with one attached hydrogen (secondary N) is 1. The number of anilines is 1. The Morgan fingerprint density at radius 3 is 2.46 bits per heavy atom. The van der Waals surface area contributed by atoms with E-state index in [0.717, 1.165) is 16.7 Å². The lowest BCUT2D eigenvalue weighted by Crippen LogP contribution is -2.24. The van der Waals surface area contributed by atoms with Crippen molar-refractivity contribution in [2.24, 2.45) is 0 Å². The highest BCUT2D eigenvalue weighted by Crippen LogP contribution is 2.19. The molecule has 0 spiro atoms. The van der Waals surface area contributed by atoms with E-state index < -0.39 is 11.9 Å². The number of hydrogen-bond acceptors (Lipinski definition) is 6. The first-order valence-electron chi connectivity index (χ1n) is 11.9. The van der Waals surface area contributed by atoms with Crippen LogP contribution in [0.25, 0.3) is 16.7 Å². The molecular formula is C28H25N5O4. The molecule has 0 bridgehead atoms. The Balaban J connectivity index is 1.53. The highest BCUT2D eigenvalue weighted by Gasteiger charge is 2.20. The highest BCUT2D eigenvalue weighted by atomic mass is 16.5. The van der Waals surface area contributed by atoms with Gasteiger partial charge in [0, 0.05) is 5.69 Å². The number of aryl methyl sites for hydroxylation is 2. The molecule has 2 heterocycles. The number of nitrogens with zero attached hydrogens (tertiary/aromatic N) is 4. The van der Waals surface area contributed by atoms with Gasteiger partial charge in [-0.25, -0.2) is 9.31 Å². The summed E-state index contributed by atoms with van der Waals surface area (Å²) in [5.74, 6) is -1.15. The molecule has 0 saturated carbocycles. The van der Waals surface area contributed by atoms with Gasteiger partial charge >= 0.3 is 5.97 Å². The van der Waals surface area contributed by atoms with E-state index in [1.807, 2.05) is 56.3 Å². The molecule has 0 fully saturated rings. The minimum atomic E-state index is -0.572. The number of rotatable bonds is 6. The zero-order valence-electron chi connectivity index (χ0n) is 20.7. The standard InChI is InChI=1S/C28H25N5O4/c1-4-37-28(36)19-10-12-21(13-11-19)29-26(34)24-30-25-27(35)32(16-20-8-6-5-7-18(20)3)23-15-17(2)9-14-22(23)33(25)31-24/h5-15H,4,16H2,1-3H3,(H,29,34). The van der Waals surface area contributed by atoms with Crippen LogP contribution >= 0.6 is 0 Å². The Kier molecular flexibility index (Phi) is 6.27. The SMILES string of the molecule is CCOC(=O)c1ccc(NC(=O)c2nc3c(=O)n(Cc4ccccc4C)c4cc(C)ccc4n3n2)cc1. The number of amides is 1. The fraction of sp³-hybridized carbons (Fsp3) is 0.179. The third kappa shape index (κ3) is 4.58. The molecule has 2 aromatic heterocycles. The highest BCUT2D eigenvalue weighted by molar-refractivity contribution is 6.02. The van der Waals surface area contributed by atoms with Crippen molar-refractivity contribution in [1.29, 1.82) is 0 Å². The molecule has 0 saturated heterocycles. The van der Waals surface area contributed by atoms with Crippen LogP contribution in [0.15, 0.2) is 71.5 Å². The van der Waals surface area contributed by atoms with Crippen molar-refractivity contribution in [3.8, 4) is 0 Å². The summed E-state index contributed by atoms with van der Waals surface area (Å²) < 4.78 is 8.07. The number of ether oxygens (including phenoxy) is 1. The van der Waals surface area contributed by atoms with E-state index in [9.17, 15) is 14.4 Å². The second-order valence-corrected chi connectivity index (χ2v) is 8.73. The number of benzene rings is 3. The summed E-state index contributed by atoms with van der Waals surface area (Å²) >= 11 is 0. The van der Waals surface area contributed by atoms with Crippen molar-refractivity contribution in [1.82, 2.24) is 19.2 Å². The van der Waals surface area contributed by atoms with E-state index >= 15 is 0 Å². The number of carbonyl (C=O) groups is 2. The van der Waals surface area contributed by atoms with E-state index in [1.165, 1.54) is 4.52 Å². The first-order chi connectivity index (χ1) is 17.9. The van der Waals surface area contributed by atoms with Crippen molar-refractivity contribution in [3.63, 3.8) is 0 Å². The fourth-order valence-electron chi connectivity index (χ4n) is 4.18. The van der Waals surface area contributed by atoms with Gasteiger partial charge in [0.2, 0.25) is 11.5 Å². The smallest absolute Gasteiger partial charge is 0.338 e. The Hall–Kier alpha value is -4.79. The Labute approximate surface area is 212 Å². The number of fused-ring (bicyclic) bond motifs is 3. The van der Waals surface area contributed by atoms with Crippen LogP contribution in [0.1, 0.15) is 44.6 Å². The first kappa shape index (κ1) is 23.9. The second-order valence-electron chi connectivity index (χ2n) is 8.73. The summed E-state index contributed by atoms with van der Waals surface area (Å²) in [6, 6.07) is 19.9. The van der Waals surface area contributed by atoms with Gasteiger partial charge < -0.3 is 10.1 Å². The molecule has 5 aromatic rings. The van der Waals surface area contributed by atoms with Gasteiger partial charge in [-0.3, -0.25) is 14.2 Å². The molecule has 0 aliphatic rings. The fourth-order valence-corrected chi connectivity index (χ4v) is 4.18. The monoisotopic (exact) mass is 495 g/mol. The zero-order valence-corrected chi connectivity index (χ0v) is 20.7. The molecule has 9 nitrogen and oxygen atoms in total. The Morgan fingerprint density at radius 1 is 0.973 bits per heavy atom. The predicted molar refractivity (Wildman–Crippen MR) is 140 cm³/mol. The maximum atomic E-state index is 13.6. The molecule has 5 rings (SSSR count). The number of esters is 1. The molecule has 3 aromatic carbocycles. The van der Waals surface area contributed by atoms with Crippen LogP contribution in [0.3, 0.4) is 0 Å². The lowest BCUT2D eigenvalue weighted by molar-refractivity contribution is 0.0526. The normalized spacial score (nSPS) is 11.1. The second kappa shape index (κ2) is 9.69. The zero-order chi connectivity index (χ0) is 26.1. The lowest BCUT2D eigenvalue weighted by atomic mass is 10.1. The molecule has 1 amide bonds. The van der Waals surface area contributed by atoms with Crippen LogP contribution in [0.5, 0.6) is 0 Å². The van der Waals surface area contributed by atoms with Gasteiger partial charge in [-0.1, -0.05) is 30.3 Å². The van der Waals surface area contributed by atoms with E-state index in [2.05, 4.69) is 15.4 Å². The maximum absolute atomic E-state index is 13.6. The molecule has 37 heavy (non-hydrogen) atoms. The van der Waals surface area contributed by atoms with Crippen LogP contribution in [-0.4, -0.2) is 37.6 Å². The summed E-state index contributed by atoms with van der Waals surface area (Å²) in [5.41, 5.74) is 5.00. The largest absolute Gasteiger partial charge is 0.462 e. The average Bonchev–Trinajstić information content (AvgIpc) is 3.34. The maximum Gasteiger partial charge on any atom is 0.338 e. The molecular weight excluding hydrogens is 470 g/mol. The Morgan fingerprint density at radius 2 is 1.73 bits per heavy atom. The lowest BCUT2D eigenvalue weighted by Gasteiger charge is -2.13. The summed E-state index contributed by atoms with van der Waals surface area (Å²) in [7, 11) is 0. The predicted octanol–water partition coefficient (Wildman–Crippen LogP) is 4.14. The molecule has 0 aliphatic carbocycles. The van der Waals surface area contributed by atoms with E-state index in [1.54, 1.807) is 35.8 Å². The third-order valence-corrected chi connectivity index (χ3v) is 6.14. The molecule has 0 unspecified atom stereocenters. The summed E-state index contributed by atoms with van der Waals surface area (Å²) in [4.78, 5) is 42.7. The van der Waals surface area contributed by atoms with Crippen LogP contribution in [0, 0.1) is 13.8 Å². The van der Waals surface area contributed by atoms with E-state index in [4.69, 9.17) is 4.74 Å². The molecule has 0 radical (unpaired) electrons. The van der Waals surface area contributed by atoms with Crippen molar-refractivity contribution in [2.45, 2.75) is 27.3 Å². The summed E-state index contributed by atoms with van der Waals surface area (Å²) in [6.45, 7) is 6.34. The molecule has 9 heteroatoms. The summed E-state index contributed by atoms with van der Waals surface area (Å²) in [5, 5.41) is 7.09. The third-order valence-electron chi connectivity index (χ3n) is 6.14. The number of aromatic nitrogens is 4. The van der Waals surface area contributed by atoms with Crippen LogP contribution < -0.4 is 10.9 Å². The quantitative estimate of drug-likeness (QED) is 0.355. The van der Waals surface area contributed by atoms with Crippen molar-refractivity contribution in [2.75, 3.05) is 11.9 Å². The Bertz CT molecular complexity index is 1720.